The fourth-order valence-corrected chi connectivity index (χ4v) is 2.14. The van der Waals surface area contributed by atoms with Gasteiger partial charge in [0.05, 0.1) is 6.61 Å². The Bertz CT molecular complexity index is 602. The number of halogens is 2. The summed E-state index contributed by atoms with van der Waals surface area (Å²) in [7, 11) is -4.38. The second-order valence-corrected chi connectivity index (χ2v) is 5.65. The first-order chi connectivity index (χ1) is 9.29. The molecule has 0 fully saturated rings. The molecule has 112 valence electrons. The second kappa shape index (κ2) is 6.76. The summed E-state index contributed by atoms with van der Waals surface area (Å²) < 4.78 is 54.2. The summed E-state index contributed by atoms with van der Waals surface area (Å²) >= 11 is 0. The normalized spacial score (nSPS) is 11.4. The number of primary sulfonamides is 1. The SMILES string of the molecule is CCCCCOC(=O)c1c(F)ccc(S(N)(=O)=O)c1F. The van der Waals surface area contributed by atoms with Crippen LogP contribution in [0.2, 0.25) is 0 Å². The van der Waals surface area contributed by atoms with Gasteiger partial charge in [-0.25, -0.2) is 27.1 Å². The molecule has 0 aliphatic heterocycles. The first kappa shape index (κ1) is 16.5. The van der Waals surface area contributed by atoms with E-state index in [0.717, 1.165) is 12.8 Å². The molecule has 1 aromatic rings. The van der Waals surface area contributed by atoms with E-state index in [1.165, 1.54) is 0 Å². The molecular weight excluding hydrogens is 292 g/mol. The van der Waals surface area contributed by atoms with Crippen LogP contribution in [0.15, 0.2) is 17.0 Å². The molecule has 0 aliphatic rings. The lowest BCUT2D eigenvalue weighted by Crippen LogP contribution is -2.18. The number of hydrogen-bond acceptors (Lipinski definition) is 4. The van der Waals surface area contributed by atoms with Crippen molar-refractivity contribution in [2.45, 2.75) is 31.1 Å². The molecule has 0 aromatic heterocycles. The molecule has 5 nitrogen and oxygen atoms in total. The standard InChI is InChI=1S/C12H15F2NO4S/c1-2-3-4-7-19-12(16)10-8(13)5-6-9(11(10)14)20(15,17)18/h5-6H,2-4,7H2,1H3,(H2,15,17,18). The Labute approximate surface area is 115 Å². The van der Waals surface area contributed by atoms with Crippen LogP contribution >= 0.6 is 0 Å². The summed E-state index contributed by atoms with van der Waals surface area (Å²) in [6.07, 6.45) is 2.25. The van der Waals surface area contributed by atoms with Crippen molar-refractivity contribution < 1.29 is 26.7 Å². The molecule has 20 heavy (non-hydrogen) atoms. The highest BCUT2D eigenvalue weighted by Crippen LogP contribution is 2.21. The summed E-state index contributed by atoms with van der Waals surface area (Å²) in [5.41, 5.74) is -1.05. The third-order valence-electron chi connectivity index (χ3n) is 2.55. The summed E-state index contributed by atoms with van der Waals surface area (Å²) in [6, 6.07) is 1.32. The van der Waals surface area contributed by atoms with Gasteiger partial charge in [-0.05, 0) is 18.6 Å². The van der Waals surface area contributed by atoms with Crippen LogP contribution < -0.4 is 5.14 Å². The number of carbonyl (C=O) groups is 1. The van der Waals surface area contributed by atoms with E-state index in [0.29, 0.717) is 18.6 Å². The van der Waals surface area contributed by atoms with E-state index in [2.05, 4.69) is 0 Å². The minimum absolute atomic E-state index is 0.00512. The molecule has 8 heteroatoms. The topological polar surface area (TPSA) is 86.5 Å². The van der Waals surface area contributed by atoms with E-state index in [1.54, 1.807) is 0 Å². The van der Waals surface area contributed by atoms with Crippen LogP contribution in [0.3, 0.4) is 0 Å². The third-order valence-corrected chi connectivity index (χ3v) is 3.48. The molecule has 0 unspecified atom stereocenters. The lowest BCUT2D eigenvalue weighted by atomic mass is 10.2. The molecule has 0 bridgehead atoms. The van der Waals surface area contributed by atoms with E-state index >= 15 is 0 Å². The lowest BCUT2D eigenvalue weighted by molar-refractivity contribution is 0.0486. The minimum atomic E-state index is -4.38. The van der Waals surface area contributed by atoms with Gasteiger partial charge in [0, 0.05) is 0 Å². The van der Waals surface area contributed by atoms with Gasteiger partial charge in [-0.1, -0.05) is 19.8 Å². The van der Waals surface area contributed by atoms with Crippen molar-refractivity contribution in [3.05, 3.63) is 29.3 Å². The third kappa shape index (κ3) is 3.97. The fraction of sp³-hybridized carbons (Fsp3) is 0.417. The molecule has 0 spiro atoms. The maximum atomic E-state index is 13.9. The molecule has 2 N–H and O–H groups in total. The predicted octanol–water partition coefficient (Wildman–Crippen LogP) is 1.96. The van der Waals surface area contributed by atoms with E-state index in [4.69, 9.17) is 9.88 Å². The Hall–Kier alpha value is -1.54. The fourth-order valence-electron chi connectivity index (χ4n) is 1.53. The number of benzene rings is 1. The zero-order valence-corrected chi connectivity index (χ0v) is 11.7. The number of esters is 1. The van der Waals surface area contributed by atoms with Gasteiger partial charge in [-0.15, -0.1) is 0 Å². The average molecular weight is 307 g/mol. The average Bonchev–Trinajstić information content (AvgIpc) is 2.33. The predicted molar refractivity (Wildman–Crippen MR) is 67.5 cm³/mol. The first-order valence-electron chi connectivity index (χ1n) is 5.97. The Morgan fingerprint density at radius 3 is 2.50 bits per heavy atom. The van der Waals surface area contributed by atoms with Gasteiger partial charge in [-0.3, -0.25) is 0 Å². The van der Waals surface area contributed by atoms with Crippen LogP contribution in [-0.2, 0) is 14.8 Å². The molecule has 0 saturated heterocycles. The number of rotatable bonds is 6. The maximum Gasteiger partial charge on any atom is 0.344 e. The first-order valence-corrected chi connectivity index (χ1v) is 7.51. The molecule has 1 rings (SSSR count). The van der Waals surface area contributed by atoms with E-state index < -0.39 is 38.1 Å². The van der Waals surface area contributed by atoms with Crippen molar-refractivity contribution in [3.63, 3.8) is 0 Å². The number of ether oxygens (including phenoxy) is 1. The molecule has 0 aliphatic carbocycles. The van der Waals surface area contributed by atoms with Gasteiger partial charge in [0.1, 0.15) is 16.3 Å². The van der Waals surface area contributed by atoms with Crippen molar-refractivity contribution in [2.75, 3.05) is 6.61 Å². The van der Waals surface area contributed by atoms with Gasteiger partial charge < -0.3 is 4.74 Å². The molecule has 0 atom stereocenters. The lowest BCUT2D eigenvalue weighted by Gasteiger charge is -2.08. The number of nitrogens with two attached hydrogens (primary N) is 1. The van der Waals surface area contributed by atoms with E-state index in [-0.39, 0.29) is 6.61 Å². The highest BCUT2D eigenvalue weighted by atomic mass is 32.2. The molecule has 1 aromatic carbocycles. The largest absolute Gasteiger partial charge is 0.462 e. The van der Waals surface area contributed by atoms with Gasteiger partial charge in [0.25, 0.3) is 0 Å². The quantitative estimate of drug-likeness (QED) is 0.643. The molecule has 0 amide bonds. The number of carbonyl (C=O) groups excluding carboxylic acids is 1. The molecule has 0 radical (unpaired) electrons. The van der Waals surface area contributed by atoms with Crippen LogP contribution in [0.5, 0.6) is 0 Å². The summed E-state index contributed by atoms with van der Waals surface area (Å²) in [5, 5.41) is 4.77. The van der Waals surface area contributed by atoms with Crippen molar-refractivity contribution >= 4 is 16.0 Å². The van der Waals surface area contributed by atoms with Crippen molar-refractivity contribution in [1.29, 1.82) is 0 Å². The van der Waals surface area contributed by atoms with Crippen LogP contribution in [0, 0.1) is 11.6 Å². The monoisotopic (exact) mass is 307 g/mol. The number of unbranched alkanes of at least 4 members (excludes halogenated alkanes) is 2. The van der Waals surface area contributed by atoms with Crippen LogP contribution in [-0.4, -0.2) is 21.0 Å². The van der Waals surface area contributed by atoms with Crippen LogP contribution in [0.25, 0.3) is 0 Å². The zero-order valence-electron chi connectivity index (χ0n) is 10.9. The van der Waals surface area contributed by atoms with Gasteiger partial charge in [-0.2, -0.15) is 0 Å². The van der Waals surface area contributed by atoms with Crippen LogP contribution in [0.4, 0.5) is 8.78 Å². The van der Waals surface area contributed by atoms with Crippen molar-refractivity contribution in [1.82, 2.24) is 0 Å². The van der Waals surface area contributed by atoms with Crippen molar-refractivity contribution in [3.8, 4) is 0 Å². The van der Waals surface area contributed by atoms with Gasteiger partial charge in [0.2, 0.25) is 10.0 Å². The molecule has 0 saturated carbocycles. The zero-order chi connectivity index (χ0) is 15.3. The van der Waals surface area contributed by atoms with E-state index in [9.17, 15) is 22.0 Å². The Balaban J connectivity index is 3.03. The van der Waals surface area contributed by atoms with Crippen molar-refractivity contribution in [2.24, 2.45) is 5.14 Å². The molecule has 0 heterocycles. The van der Waals surface area contributed by atoms with E-state index in [1.807, 2.05) is 6.92 Å². The minimum Gasteiger partial charge on any atom is -0.462 e. The summed E-state index contributed by atoms with van der Waals surface area (Å²) in [4.78, 5) is 10.6. The smallest absolute Gasteiger partial charge is 0.344 e. The molecular formula is C12H15F2NO4S. The van der Waals surface area contributed by atoms with Gasteiger partial charge >= 0.3 is 5.97 Å². The Kier molecular flexibility index (Phi) is 5.58. The highest BCUT2D eigenvalue weighted by molar-refractivity contribution is 7.89. The summed E-state index contributed by atoms with van der Waals surface area (Å²) in [5.74, 6) is -3.98. The second-order valence-electron chi connectivity index (χ2n) is 4.12. The number of hydrogen-bond donors (Lipinski definition) is 1. The summed E-state index contributed by atoms with van der Waals surface area (Å²) in [6.45, 7) is 1.95. The number of sulfonamides is 1. The maximum absolute atomic E-state index is 13.9. The highest BCUT2D eigenvalue weighted by Gasteiger charge is 2.26. The Morgan fingerprint density at radius 1 is 1.30 bits per heavy atom. The van der Waals surface area contributed by atoms with Crippen LogP contribution in [0.1, 0.15) is 36.5 Å². The van der Waals surface area contributed by atoms with Gasteiger partial charge in [0.15, 0.2) is 5.82 Å². The Morgan fingerprint density at radius 2 is 1.95 bits per heavy atom.